The van der Waals surface area contributed by atoms with Crippen molar-refractivity contribution in [2.45, 2.75) is 13.0 Å². The number of benzene rings is 2. The minimum absolute atomic E-state index is 0.472. The van der Waals surface area contributed by atoms with E-state index in [4.69, 9.17) is 21.1 Å². The van der Waals surface area contributed by atoms with E-state index in [9.17, 15) is 0 Å². The highest BCUT2D eigenvalue weighted by atomic mass is 35.5. The highest BCUT2D eigenvalue weighted by Crippen LogP contribution is 2.47. The molecule has 0 saturated heterocycles. The highest BCUT2D eigenvalue weighted by molar-refractivity contribution is 6.31. The molecule has 4 rings (SSSR count). The second-order valence-corrected chi connectivity index (χ2v) is 7.31. The molecule has 0 spiro atoms. The van der Waals surface area contributed by atoms with Gasteiger partial charge in [-0.15, -0.1) is 0 Å². The average molecular weight is 384 g/mol. The number of H-pyrrole nitrogens is 1. The van der Waals surface area contributed by atoms with Gasteiger partial charge in [0.15, 0.2) is 0 Å². The van der Waals surface area contributed by atoms with Crippen LogP contribution in [0, 0.1) is 0 Å². The van der Waals surface area contributed by atoms with Crippen LogP contribution in [-0.4, -0.2) is 42.3 Å². The van der Waals surface area contributed by atoms with Gasteiger partial charge in [0, 0.05) is 28.3 Å². The zero-order valence-corrected chi connectivity index (χ0v) is 16.2. The van der Waals surface area contributed by atoms with Gasteiger partial charge in [0.25, 0.3) is 0 Å². The summed E-state index contributed by atoms with van der Waals surface area (Å²) in [6.07, 6.45) is 0.988. The van der Waals surface area contributed by atoms with Crippen molar-refractivity contribution in [1.82, 2.24) is 15.1 Å². The van der Waals surface area contributed by atoms with Crippen molar-refractivity contribution in [1.29, 1.82) is 0 Å². The topological polar surface area (TPSA) is 50.4 Å². The molecule has 140 valence electrons. The number of aromatic nitrogens is 2. The van der Waals surface area contributed by atoms with E-state index < -0.39 is 0 Å². The molecule has 1 aliphatic heterocycles. The summed E-state index contributed by atoms with van der Waals surface area (Å²) in [4.78, 5) is 2.15. The summed E-state index contributed by atoms with van der Waals surface area (Å²) < 4.78 is 12.1. The van der Waals surface area contributed by atoms with Crippen LogP contribution < -0.4 is 4.74 Å². The standard InChI is InChI=1S/C21H22ClN3O2/c1-25(2)10-5-11-26-13-17-20-15-6-3-4-7-18(15)27-19-9-8-14(22)12-16(19)21(20)24-23-17/h3-4,6-9,12H,5,10-11,13H2,1-2H3,(H,23,24). The largest absolute Gasteiger partial charge is 0.456 e. The van der Waals surface area contributed by atoms with Gasteiger partial charge in [0.2, 0.25) is 0 Å². The molecule has 0 radical (unpaired) electrons. The van der Waals surface area contributed by atoms with Crippen LogP contribution in [-0.2, 0) is 11.3 Å². The van der Waals surface area contributed by atoms with Gasteiger partial charge in [0.1, 0.15) is 17.2 Å². The lowest BCUT2D eigenvalue weighted by molar-refractivity contribution is 0.111. The second-order valence-electron chi connectivity index (χ2n) is 6.87. The lowest BCUT2D eigenvalue weighted by atomic mass is 9.99. The zero-order chi connectivity index (χ0) is 18.8. The number of rotatable bonds is 6. The van der Waals surface area contributed by atoms with Gasteiger partial charge in [0.05, 0.1) is 12.3 Å². The molecule has 3 aromatic rings. The van der Waals surface area contributed by atoms with Crippen LogP contribution >= 0.6 is 11.6 Å². The Morgan fingerprint density at radius 2 is 1.93 bits per heavy atom. The Bertz CT molecular complexity index is 952. The summed E-state index contributed by atoms with van der Waals surface area (Å²) in [6.45, 7) is 2.18. The molecule has 6 heteroatoms. The Kier molecular flexibility index (Phi) is 5.16. The number of para-hydroxylation sites is 1. The molecule has 2 heterocycles. The Labute approximate surface area is 163 Å². The molecule has 0 saturated carbocycles. The summed E-state index contributed by atoms with van der Waals surface area (Å²) in [7, 11) is 4.13. The second kappa shape index (κ2) is 7.72. The predicted molar refractivity (Wildman–Crippen MR) is 107 cm³/mol. The van der Waals surface area contributed by atoms with Gasteiger partial charge in [-0.3, -0.25) is 5.10 Å². The molecule has 0 bridgehead atoms. The van der Waals surface area contributed by atoms with E-state index in [1.165, 1.54) is 0 Å². The van der Waals surface area contributed by atoms with Crippen LogP contribution in [0.2, 0.25) is 5.02 Å². The number of hydrogen-bond donors (Lipinski definition) is 1. The molecule has 1 N–H and O–H groups in total. The van der Waals surface area contributed by atoms with Crippen molar-refractivity contribution in [3.63, 3.8) is 0 Å². The molecular formula is C21H22ClN3O2. The molecule has 0 amide bonds. The van der Waals surface area contributed by atoms with Crippen LogP contribution in [0.4, 0.5) is 0 Å². The van der Waals surface area contributed by atoms with Gasteiger partial charge < -0.3 is 14.4 Å². The molecule has 2 aromatic carbocycles. The third kappa shape index (κ3) is 3.72. The van der Waals surface area contributed by atoms with Crippen molar-refractivity contribution in [2.75, 3.05) is 27.2 Å². The monoisotopic (exact) mass is 383 g/mol. The number of nitrogens with one attached hydrogen (secondary N) is 1. The third-order valence-electron chi connectivity index (χ3n) is 4.55. The maximum Gasteiger partial charge on any atom is 0.137 e. The first kappa shape index (κ1) is 18.0. The van der Waals surface area contributed by atoms with E-state index in [2.05, 4.69) is 29.2 Å². The Morgan fingerprint density at radius 3 is 2.78 bits per heavy atom. The normalized spacial score (nSPS) is 12.1. The number of ether oxygens (including phenoxy) is 2. The van der Waals surface area contributed by atoms with Gasteiger partial charge in [-0.05, 0) is 51.3 Å². The van der Waals surface area contributed by atoms with Crippen molar-refractivity contribution in [3.05, 3.63) is 53.2 Å². The number of hydrogen-bond acceptors (Lipinski definition) is 4. The number of halogens is 1. The van der Waals surface area contributed by atoms with E-state index in [1.54, 1.807) is 0 Å². The molecule has 5 nitrogen and oxygen atoms in total. The zero-order valence-electron chi connectivity index (χ0n) is 15.5. The first-order valence-electron chi connectivity index (χ1n) is 9.00. The third-order valence-corrected chi connectivity index (χ3v) is 4.79. The average Bonchev–Trinajstić information content (AvgIpc) is 3.00. The highest BCUT2D eigenvalue weighted by Gasteiger charge is 2.26. The number of fused-ring (bicyclic) bond motifs is 5. The van der Waals surface area contributed by atoms with E-state index in [1.807, 2.05) is 42.5 Å². The van der Waals surface area contributed by atoms with Crippen LogP contribution in [0.1, 0.15) is 12.1 Å². The van der Waals surface area contributed by atoms with Crippen LogP contribution in [0.15, 0.2) is 42.5 Å². The maximum absolute atomic E-state index is 6.24. The van der Waals surface area contributed by atoms with Gasteiger partial charge >= 0.3 is 0 Å². The fourth-order valence-corrected chi connectivity index (χ4v) is 3.45. The first-order chi connectivity index (χ1) is 13.1. The summed E-state index contributed by atoms with van der Waals surface area (Å²) in [5.74, 6) is 1.55. The van der Waals surface area contributed by atoms with Gasteiger partial charge in [-0.2, -0.15) is 5.10 Å². The molecule has 0 aliphatic carbocycles. The smallest absolute Gasteiger partial charge is 0.137 e. The molecule has 1 aliphatic rings. The Morgan fingerprint density at radius 1 is 1.11 bits per heavy atom. The molecule has 1 aromatic heterocycles. The molecule has 0 unspecified atom stereocenters. The fourth-order valence-electron chi connectivity index (χ4n) is 3.28. The lowest BCUT2D eigenvalue weighted by Gasteiger charge is -2.11. The fraction of sp³-hybridized carbons (Fsp3) is 0.286. The molecular weight excluding hydrogens is 362 g/mol. The van der Waals surface area contributed by atoms with E-state index in [0.29, 0.717) is 18.2 Å². The number of aromatic amines is 1. The SMILES string of the molecule is CN(C)CCCOCc1[nH]nc2c1-c1ccccc1Oc1ccc(Cl)cc1-2. The maximum atomic E-state index is 6.24. The van der Waals surface area contributed by atoms with Crippen LogP contribution in [0.3, 0.4) is 0 Å². The summed E-state index contributed by atoms with van der Waals surface area (Å²) in [5, 5.41) is 8.39. The van der Waals surface area contributed by atoms with Crippen LogP contribution in [0.5, 0.6) is 11.5 Å². The lowest BCUT2D eigenvalue weighted by Crippen LogP contribution is -2.14. The number of nitrogens with zero attached hydrogens (tertiary/aromatic N) is 2. The minimum Gasteiger partial charge on any atom is -0.456 e. The summed E-state index contributed by atoms with van der Waals surface area (Å²) in [5.41, 5.74) is 4.67. The van der Waals surface area contributed by atoms with Gasteiger partial charge in [-0.25, -0.2) is 0 Å². The Hall–Kier alpha value is -2.34. The molecule has 0 atom stereocenters. The summed E-state index contributed by atoms with van der Waals surface area (Å²) in [6, 6.07) is 13.6. The van der Waals surface area contributed by atoms with Crippen LogP contribution in [0.25, 0.3) is 22.4 Å². The van der Waals surface area contributed by atoms with Crippen molar-refractivity contribution < 1.29 is 9.47 Å². The molecule has 27 heavy (non-hydrogen) atoms. The van der Waals surface area contributed by atoms with Crippen molar-refractivity contribution in [3.8, 4) is 33.9 Å². The van der Waals surface area contributed by atoms with E-state index in [-0.39, 0.29) is 0 Å². The quantitative estimate of drug-likeness (QED) is 0.477. The van der Waals surface area contributed by atoms with E-state index >= 15 is 0 Å². The first-order valence-corrected chi connectivity index (χ1v) is 9.38. The van der Waals surface area contributed by atoms with Crippen molar-refractivity contribution >= 4 is 11.6 Å². The van der Waals surface area contributed by atoms with E-state index in [0.717, 1.165) is 52.5 Å². The summed E-state index contributed by atoms with van der Waals surface area (Å²) >= 11 is 6.24. The predicted octanol–water partition coefficient (Wildman–Crippen LogP) is 4.97. The van der Waals surface area contributed by atoms with Crippen molar-refractivity contribution in [2.24, 2.45) is 0 Å². The Balaban J connectivity index is 1.69. The van der Waals surface area contributed by atoms with Gasteiger partial charge in [-0.1, -0.05) is 29.8 Å². The minimum atomic E-state index is 0.472. The molecule has 0 fully saturated rings.